The zero-order valence-corrected chi connectivity index (χ0v) is 16.2. The van der Waals surface area contributed by atoms with Crippen LogP contribution in [0.2, 0.25) is 0 Å². The van der Waals surface area contributed by atoms with Crippen LogP contribution >= 0.6 is 0 Å². The first-order valence-corrected chi connectivity index (χ1v) is 8.91. The number of aryl methyl sites for hydroxylation is 1. The fourth-order valence-electron chi connectivity index (χ4n) is 2.50. The lowest BCUT2D eigenvalue weighted by Crippen LogP contribution is -1.92. The number of ether oxygens (including phenoxy) is 2. The van der Waals surface area contributed by atoms with Gasteiger partial charge in [-0.15, -0.1) is 0 Å². The van der Waals surface area contributed by atoms with Crippen molar-refractivity contribution in [3.05, 3.63) is 89.5 Å². The van der Waals surface area contributed by atoms with E-state index in [1.54, 1.807) is 0 Å². The van der Waals surface area contributed by atoms with Gasteiger partial charge in [0.15, 0.2) is 11.5 Å². The van der Waals surface area contributed by atoms with E-state index in [0.29, 0.717) is 6.79 Å². The molecule has 0 fully saturated rings. The third-order valence-corrected chi connectivity index (χ3v) is 4.00. The number of benzene rings is 3. The number of hydrogen-bond acceptors (Lipinski definition) is 4. The zero-order valence-electron chi connectivity index (χ0n) is 16.2. The Balaban J connectivity index is 0.000000261. The topological polar surface area (TPSA) is 47.6 Å². The molecule has 0 atom stereocenters. The molecule has 1 heterocycles. The summed E-state index contributed by atoms with van der Waals surface area (Å²) in [5, 5.41) is 3.10. The summed E-state index contributed by atoms with van der Waals surface area (Å²) in [5.41, 5.74) is 4.70. The highest BCUT2D eigenvalue weighted by Gasteiger charge is 2.11. The average molecular weight is 375 g/mol. The van der Waals surface area contributed by atoms with Gasteiger partial charge in [-0.05, 0) is 42.3 Å². The van der Waals surface area contributed by atoms with Crippen LogP contribution in [0.4, 0.5) is 5.69 Å². The van der Waals surface area contributed by atoms with E-state index in [-0.39, 0.29) is 0 Å². The molecule has 144 valence electrons. The monoisotopic (exact) mass is 375 g/mol. The van der Waals surface area contributed by atoms with Gasteiger partial charge in [0.1, 0.15) is 6.79 Å². The predicted molar refractivity (Wildman–Crippen MR) is 116 cm³/mol. The highest BCUT2D eigenvalue weighted by molar-refractivity contribution is 5.71. The Morgan fingerprint density at radius 2 is 1.43 bits per heavy atom. The van der Waals surface area contributed by atoms with Crippen molar-refractivity contribution in [3.8, 4) is 11.5 Å². The normalized spacial score (nSPS) is 11.1. The highest BCUT2D eigenvalue weighted by atomic mass is 16.7. The summed E-state index contributed by atoms with van der Waals surface area (Å²) in [4.78, 5) is 8.00. The van der Waals surface area contributed by atoms with Crippen LogP contribution in [0.1, 0.15) is 16.7 Å². The minimum Gasteiger partial charge on any atom is -0.454 e. The van der Waals surface area contributed by atoms with Gasteiger partial charge in [-0.25, -0.2) is 0 Å². The van der Waals surface area contributed by atoms with Gasteiger partial charge >= 0.3 is 0 Å². The van der Waals surface area contributed by atoms with Crippen molar-refractivity contribution >= 4 is 24.6 Å². The van der Waals surface area contributed by atoms with Gasteiger partial charge in [0, 0.05) is 12.7 Å². The van der Waals surface area contributed by atoms with Crippen molar-refractivity contribution < 1.29 is 14.3 Å². The molecule has 0 aromatic heterocycles. The molecule has 1 N–H and O–H groups in total. The first-order valence-electron chi connectivity index (χ1n) is 8.91. The summed E-state index contributed by atoms with van der Waals surface area (Å²) in [5.74, 6) is 1.63. The third-order valence-electron chi connectivity index (χ3n) is 4.00. The second kappa shape index (κ2) is 11.2. The van der Waals surface area contributed by atoms with Crippen LogP contribution < -0.4 is 14.8 Å². The molecule has 3 aromatic rings. The van der Waals surface area contributed by atoms with Crippen molar-refractivity contribution in [3.63, 3.8) is 0 Å². The van der Waals surface area contributed by atoms with Crippen LogP contribution in [0.3, 0.4) is 0 Å². The first-order chi connectivity index (χ1) is 13.7. The highest BCUT2D eigenvalue weighted by Crippen LogP contribution is 2.32. The molecule has 0 saturated heterocycles. The molecule has 4 heteroatoms. The number of anilines is 1. The van der Waals surface area contributed by atoms with Crippen LogP contribution in [0.25, 0.3) is 12.2 Å². The van der Waals surface area contributed by atoms with Crippen molar-refractivity contribution in [1.29, 1.82) is 0 Å². The second-order valence-corrected chi connectivity index (χ2v) is 5.97. The minimum atomic E-state index is 0.313. The van der Waals surface area contributed by atoms with Crippen molar-refractivity contribution in [2.75, 3.05) is 19.2 Å². The second-order valence-electron chi connectivity index (χ2n) is 5.97. The molecule has 4 rings (SSSR count). The molecule has 0 spiro atoms. The molecule has 0 unspecified atom stereocenters. The molecule has 1 aliphatic heterocycles. The standard InChI is InChI=1S/C16H15NO2.C7H8.CH2O/c1-17-14-7-4-12(5-8-14)2-3-13-6-9-15-16(10-13)19-11-18-15;1-7-5-3-2-4-6-7;1-2/h2-10,17H,11H2,1H3;2-6H,1H3;1H2/b3-2+;;. The molecule has 0 saturated carbocycles. The van der Waals surface area contributed by atoms with Gasteiger partial charge in [-0.2, -0.15) is 0 Å². The fraction of sp³-hybridized carbons (Fsp3) is 0.125. The molecule has 0 bridgehead atoms. The van der Waals surface area contributed by atoms with E-state index in [0.717, 1.165) is 28.3 Å². The van der Waals surface area contributed by atoms with Crippen molar-refractivity contribution in [2.45, 2.75) is 6.92 Å². The Morgan fingerprint density at radius 1 is 0.821 bits per heavy atom. The lowest BCUT2D eigenvalue weighted by atomic mass is 10.1. The summed E-state index contributed by atoms with van der Waals surface area (Å²) in [6, 6.07) is 24.5. The molecule has 28 heavy (non-hydrogen) atoms. The quantitative estimate of drug-likeness (QED) is 0.620. The van der Waals surface area contributed by atoms with Gasteiger partial charge in [0.2, 0.25) is 6.79 Å². The molecule has 4 nitrogen and oxygen atoms in total. The summed E-state index contributed by atoms with van der Waals surface area (Å²) in [7, 11) is 1.91. The average Bonchev–Trinajstić information content (AvgIpc) is 3.23. The number of rotatable bonds is 3. The molecule has 0 aliphatic carbocycles. The third kappa shape index (κ3) is 6.32. The smallest absolute Gasteiger partial charge is 0.231 e. The van der Waals surface area contributed by atoms with Crippen LogP contribution in [-0.4, -0.2) is 20.6 Å². The maximum absolute atomic E-state index is 8.00. The van der Waals surface area contributed by atoms with Crippen molar-refractivity contribution in [1.82, 2.24) is 0 Å². The van der Waals surface area contributed by atoms with Gasteiger partial charge in [-0.1, -0.05) is 66.2 Å². The summed E-state index contributed by atoms with van der Waals surface area (Å²) >= 11 is 0. The van der Waals surface area contributed by atoms with E-state index in [2.05, 4.69) is 60.8 Å². The SMILES string of the molecule is C=O.CNc1ccc(/C=C/c2ccc3c(c2)OCO3)cc1.Cc1ccccc1. The Morgan fingerprint density at radius 3 is 2.04 bits per heavy atom. The molecule has 3 aromatic carbocycles. The number of fused-ring (bicyclic) bond motifs is 1. The molecule has 1 aliphatic rings. The zero-order chi connectivity index (χ0) is 20.2. The summed E-state index contributed by atoms with van der Waals surface area (Å²) in [6.07, 6.45) is 4.15. The van der Waals surface area contributed by atoms with E-state index in [9.17, 15) is 0 Å². The molecular formula is C24H25NO3. The molecular weight excluding hydrogens is 350 g/mol. The van der Waals surface area contributed by atoms with Crippen LogP contribution in [-0.2, 0) is 4.79 Å². The van der Waals surface area contributed by atoms with Crippen LogP contribution in [0, 0.1) is 6.92 Å². The van der Waals surface area contributed by atoms with Crippen molar-refractivity contribution in [2.24, 2.45) is 0 Å². The van der Waals surface area contributed by atoms with E-state index < -0.39 is 0 Å². The lowest BCUT2D eigenvalue weighted by Gasteiger charge is -2.00. The lowest BCUT2D eigenvalue weighted by molar-refractivity contribution is -0.0979. The predicted octanol–water partition coefficient (Wildman–Crippen LogP) is 5.44. The van der Waals surface area contributed by atoms with E-state index in [1.807, 2.05) is 50.2 Å². The largest absolute Gasteiger partial charge is 0.454 e. The van der Waals surface area contributed by atoms with Crippen LogP contribution in [0.15, 0.2) is 72.8 Å². The maximum atomic E-state index is 8.00. The Bertz CT molecular complexity index is 874. The molecule has 0 amide bonds. The number of nitrogens with one attached hydrogen (secondary N) is 1. The van der Waals surface area contributed by atoms with Crippen LogP contribution in [0.5, 0.6) is 11.5 Å². The minimum absolute atomic E-state index is 0.313. The molecule has 0 radical (unpaired) electrons. The summed E-state index contributed by atoms with van der Waals surface area (Å²) in [6.45, 7) is 4.40. The number of carbonyl (C=O) groups is 1. The number of carbonyl (C=O) groups excluding carboxylic acids is 1. The fourth-order valence-corrected chi connectivity index (χ4v) is 2.50. The van der Waals surface area contributed by atoms with Gasteiger partial charge in [0.25, 0.3) is 0 Å². The first kappa shape index (κ1) is 20.8. The summed E-state index contributed by atoms with van der Waals surface area (Å²) < 4.78 is 10.6. The number of hydrogen-bond donors (Lipinski definition) is 1. The Kier molecular flexibility index (Phi) is 8.34. The maximum Gasteiger partial charge on any atom is 0.231 e. The van der Waals surface area contributed by atoms with E-state index in [4.69, 9.17) is 14.3 Å². The van der Waals surface area contributed by atoms with Gasteiger partial charge in [-0.3, -0.25) is 0 Å². The van der Waals surface area contributed by atoms with E-state index >= 15 is 0 Å². The Labute approximate surface area is 166 Å². The van der Waals surface area contributed by atoms with Gasteiger partial charge in [0.05, 0.1) is 0 Å². The van der Waals surface area contributed by atoms with Gasteiger partial charge < -0.3 is 19.6 Å². The Hall–Kier alpha value is -3.53. The van der Waals surface area contributed by atoms with E-state index in [1.165, 1.54) is 5.56 Å².